The van der Waals surface area contributed by atoms with Crippen LogP contribution in [0.15, 0.2) is 52.1 Å². The van der Waals surface area contributed by atoms with Gasteiger partial charge in [-0.15, -0.1) is 0 Å². The monoisotopic (exact) mass is 605 g/mol. The molecule has 1 aromatic carbocycles. The lowest BCUT2D eigenvalue weighted by molar-refractivity contribution is -0.238. The molecule has 240 valence electrons. The normalized spacial score (nSPS) is 41.9. The first-order valence-corrected chi connectivity index (χ1v) is 17.0. The minimum Gasteiger partial charge on any atom is -0.393 e. The molecule has 2 spiro atoms. The summed E-state index contributed by atoms with van der Waals surface area (Å²) in [4.78, 5) is 29.3. The Bertz CT molecular complexity index is 1600. The van der Waals surface area contributed by atoms with Crippen molar-refractivity contribution in [3.05, 3.63) is 63.5 Å². The van der Waals surface area contributed by atoms with Crippen LogP contribution in [0.3, 0.4) is 0 Å². The van der Waals surface area contributed by atoms with Gasteiger partial charge in [-0.05, 0) is 99.5 Å². The summed E-state index contributed by atoms with van der Waals surface area (Å²) in [6.07, 6.45) is 9.21. The van der Waals surface area contributed by atoms with Crippen LogP contribution in [-0.4, -0.2) is 47.1 Å². The lowest BCUT2D eigenvalue weighted by Gasteiger charge is -2.72. The van der Waals surface area contributed by atoms with Crippen LogP contribution in [0.5, 0.6) is 0 Å². The predicted octanol–water partition coefficient (Wildman–Crippen LogP) is 4.56. The smallest absolute Gasteiger partial charge is 0.352 e. The van der Waals surface area contributed by atoms with Crippen LogP contribution >= 0.6 is 0 Å². The van der Waals surface area contributed by atoms with Crippen molar-refractivity contribution in [3.63, 3.8) is 0 Å². The van der Waals surface area contributed by atoms with Crippen LogP contribution in [0.1, 0.15) is 92.9 Å². The molecule has 0 radical (unpaired) electrons. The van der Waals surface area contributed by atoms with Crippen molar-refractivity contribution < 1.29 is 15.3 Å². The van der Waals surface area contributed by atoms with Gasteiger partial charge < -0.3 is 15.3 Å². The van der Waals surface area contributed by atoms with Crippen molar-refractivity contribution in [1.29, 1.82) is 0 Å². The second-order valence-corrected chi connectivity index (χ2v) is 16.3. The molecule has 0 amide bonds. The molecule has 0 unspecified atom stereocenters. The number of rotatable bonds is 6. The summed E-state index contributed by atoms with van der Waals surface area (Å²) in [7, 11) is 0. The van der Waals surface area contributed by atoms with E-state index >= 15 is 0 Å². The van der Waals surface area contributed by atoms with Crippen molar-refractivity contribution in [1.82, 2.24) is 13.9 Å². The summed E-state index contributed by atoms with van der Waals surface area (Å²) in [6.45, 7) is 12.8. The zero-order valence-electron chi connectivity index (χ0n) is 27.2. The Balaban J connectivity index is 1.40. The first kappa shape index (κ1) is 30.2. The molecule has 8 heteroatoms. The zero-order valence-corrected chi connectivity index (χ0v) is 27.2. The van der Waals surface area contributed by atoms with Gasteiger partial charge in [0.25, 0.3) is 0 Å². The fourth-order valence-electron chi connectivity index (χ4n) is 11.5. The van der Waals surface area contributed by atoms with Crippen molar-refractivity contribution in [2.75, 3.05) is 0 Å². The largest absolute Gasteiger partial charge is 0.393 e. The van der Waals surface area contributed by atoms with Gasteiger partial charge in [0.2, 0.25) is 0 Å². The van der Waals surface area contributed by atoms with Crippen molar-refractivity contribution in [3.8, 4) is 5.69 Å². The fourth-order valence-corrected chi connectivity index (χ4v) is 11.5. The summed E-state index contributed by atoms with van der Waals surface area (Å²) in [6, 6.07) is 9.15. The van der Waals surface area contributed by atoms with Gasteiger partial charge in [0.15, 0.2) is 0 Å². The summed E-state index contributed by atoms with van der Waals surface area (Å²) in [5, 5.41) is 33.5. The molecular formula is C36H51N3O5. The van der Waals surface area contributed by atoms with Gasteiger partial charge in [0.05, 0.1) is 34.6 Å². The van der Waals surface area contributed by atoms with E-state index in [1.807, 2.05) is 36.7 Å². The standard InChI is InChI=1S/C36H51N3O5/c1-22(12-13-23(2)32(3,4)44)26-14-15-27-33(26,5)17-16-28-34(6)29(41)20-25(40)21-35(34)18-19-36(27,28)39-31(43)37(30(42)38(35)39)24-10-8-7-9-11-24/h7-11,18-19,22-23,25-29,40-41,44H,12-17,20-21H2,1-6H3/t22-,23-,25+,26-,27-,28-,29+,33-,34+,35-,36+/m1/s1. The highest BCUT2D eigenvalue weighted by Crippen LogP contribution is 2.74. The highest BCUT2D eigenvalue weighted by molar-refractivity contribution is 5.38. The average Bonchev–Trinajstić information content (AvgIpc) is 3.47. The summed E-state index contributed by atoms with van der Waals surface area (Å²) < 4.78 is 4.80. The maximum atomic E-state index is 14.7. The topological polar surface area (TPSA) is 110 Å². The SMILES string of the molecule is C[C@H](CC[C@@H](C)C(C)(C)O)[C@H]1CC[C@@H]2[C@]1(C)CC[C@H]1[C@]23C=C[C@]2(C[C@@H](O)C[C@H](O)[C@]12C)n1c(=O)n(-c2ccccc2)c(=O)n13. The van der Waals surface area contributed by atoms with Gasteiger partial charge >= 0.3 is 11.4 Å². The summed E-state index contributed by atoms with van der Waals surface area (Å²) in [5.41, 5.74) is -3.42. The number of aromatic nitrogens is 3. The highest BCUT2D eigenvalue weighted by atomic mass is 16.3. The third-order valence-electron chi connectivity index (χ3n) is 14.2. The third kappa shape index (κ3) is 3.56. The molecule has 2 bridgehead atoms. The Morgan fingerprint density at radius 1 is 0.932 bits per heavy atom. The number of hydrogen-bond donors (Lipinski definition) is 3. The van der Waals surface area contributed by atoms with Crippen molar-refractivity contribution in [2.24, 2.45) is 40.4 Å². The van der Waals surface area contributed by atoms with Crippen LogP contribution in [0.4, 0.5) is 0 Å². The number of aliphatic hydroxyl groups is 3. The molecule has 2 aromatic rings. The highest BCUT2D eigenvalue weighted by Gasteiger charge is 2.76. The number of aliphatic hydroxyl groups excluding tert-OH is 2. The molecule has 3 fully saturated rings. The zero-order chi connectivity index (χ0) is 31.6. The molecule has 8 rings (SSSR count). The molecule has 3 heterocycles. The maximum absolute atomic E-state index is 14.7. The van der Waals surface area contributed by atoms with Crippen LogP contribution < -0.4 is 11.4 Å². The molecule has 11 atom stereocenters. The molecule has 0 saturated heterocycles. The fraction of sp³-hybridized carbons (Fsp3) is 0.722. The molecule has 1 aromatic heterocycles. The quantitative estimate of drug-likeness (QED) is 0.419. The summed E-state index contributed by atoms with van der Waals surface area (Å²) in [5.74, 6) is 1.18. The minimum atomic E-state index is -1.00. The van der Waals surface area contributed by atoms with E-state index in [0.717, 1.165) is 38.5 Å². The molecule has 2 aliphatic heterocycles. The van der Waals surface area contributed by atoms with Crippen molar-refractivity contribution >= 4 is 0 Å². The van der Waals surface area contributed by atoms with E-state index in [4.69, 9.17) is 0 Å². The number of benzene rings is 1. The van der Waals surface area contributed by atoms with E-state index in [1.165, 1.54) is 4.57 Å². The lowest BCUT2D eigenvalue weighted by Crippen LogP contribution is -2.79. The number of hydrogen-bond acceptors (Lipinski definition) is 5. The van der Waals surface area contributed by atoms with Gasteiger partial charge in [0.1, 0.15) is 0 Å². The predicted molar refractivity (Wildman–Crippen MR) is 170 cm³/mol. The van der Waals surface area contributed by atoms with Gasteiger partial charge in [-0.3, -0.25) is 0 Å². The average molecular weight is 606 g/mol. The number of fused-ring (bicyclic) bond motifs is 1. The van der Waals surface area contributed by atoms with E-state index in [0.29, 0.717) is 23.9 Å². The number of para-hydroxylation sites is 1. The van der Waals surface area contributed by atoms with Crippen LogP contribution in [0.2, 0.25) is 0 Å². The number of allylic oxidation sites excluding steroid dienone is 2. The van der Waals surface area contributed by atoms with Gasteiger partial charge in [-0.2, -0.15) is 0 Å². The molecule has 44 heavy (non-hydrogen) atoms. The molecule has 6 aliphatic rings. The first-order valence-electron chi connectivity index (χ1n) is 17.0. The molecule has 8 nitrogen and oxygen atoms in total. The Kier molecular flexibility index (Phi) is 6.57. The van der Waals surface area contributed by atoms with Crippen LogP contribution in [0, 0.1) is 40.4 Å². The van der Waals surface area contributed by atoms with E-state index < -0.39 is 40.0 Å². The Morgan fingerprint density at radius 3 is 2.30 bits per heavy atom. The Morgan fingerprint density at radius 2 is 1.61 bits per heavy atom. The third-order valence-corrected chi connectivity index (χ3v) is 14.2. The second kappa shape index (κ2) is 9.55. The summed E-state index contributed by atoms with van der Waals surface area (Å²) >= 11 is 0. The van der Waals surface area contributed by atoms with Gasteiger partial charge in [-0.25, -0.2) is 23.5 Å². The van der Waals surface area contributed by atoms with Crippen LogP contribution in [-0.2, 0) is 11.1 Å². The van der Waals surface area contributed by atoms with E-state index in [2.05, 4.69) is 39.8 Å². The second-order valence-electron chi connectivity index (χ2n) is 16.3. The van der Waals surface area contributed by atoms with E-state index in [-0.39, 0.29) is 35.3 Å². The number of nitrogens with zero attached hydrogens (tertiary/aromatic N) is 3. The van der Waals surface area contributed by atoms with Gasteiger partial charge in [0, 0.05) is 11.8 Å². The lowest BCUT2D eigenvalue weighted by atomic mass is 9.40. The Hall–Kier alpha value is -2.42. The first-order chi connectivity index (χ1) is 20.6. The minimum absolute atomic E-state index is 0.0476. The molecule has 3 saturated carbocycles. The molecule has 3 N–H and O–H groups in total. The van der Waals surface area contributed by atoms with Crippen LogP contribution in [0.25, 0.3) is 5.69 Å². The maximum Gasteiger partial charge on any atom is 0.352 e. The van der Waals surface area contributed by atoms with E-state index in [1.54, 1.807) is 16.8 Å². The van der Waals surface area contributed by atoms with E-state index in [9.17, 15) is 24.9 Å². The Labute approximate surface area is 260 Å². The molecular weight excluding hydrogens is 554 g/mol. The molecule has 4 aliphatic carbocycles. The van der Waals surface area contributed by atoms with Crippen molar-refractivity contribution in [2.45, 2.75) is 122 Å². The van der Waals surface area contributed by atoms with Gasteiger partial charge in [-0.1, -0.05) is 64.5 Å².